The van der Waals surface area contributed by atoms with Crippen molar-refractivity contribution in [1.29, 1.82) is 0 Å². The van der Waals surface area contributed by atoms with Crippen LogP contribution < -0.4 is 4.90 Å². The van der Waals surface area contributed by atoms with Gasteiger partial charge in [0.2, 0.25) is 11.2 Å². The molecule has 1 fully saturated rings. The number of anilines is 1. The topological polar surface area (TPSA) is 55.3 Å². The number of amides is 1. The molecule has 1 saturated carbocycles. The number of hydrogen-bond acceptors (Lipinski definition) is 4. The molecule has 138 valence electrons. The second-order valence-corrected chi connectivity index (χ2v) is 13.8. The molecule has 3 rings (SSSR count). The van der Waals surface area contributed by atoms with E-state index in [0.29, 0.717) is 18.3 Å². The molecule has 0 atom stereocenters. The summed E-state index contributed by atoms with van der Waals surface area (Å²) in [6.45, 7) is 11.4. The Morgan fingerprint density at radius 2 is 1.88 bits per heavy atom. The minimum atomic E-state index is -1.74. The number of rotatable bonds is 3. The van der Waals surface area contributed by atoms with Gasteiger partial charge in [0.25, 0.3) is 0 Å². The highest BCUT2D eigenvalue weighted by molar-refractivity contribution is 6.74. The number of halogens is 1. The third-order valence-corrected chi connectivity index (χ3v) is 10.6. The number of aromatic nitrogens is 2. The van der Waals surface area contributed by atoms with Crippen LogP contribution in [0.15, 0.2) is 6.20 Å². The summed E-state index contributed by atoms with van der Waals surface area (Å²) < 4.78 is 6.56. The molecule has 0 saturated heterocycles. The predicted octanol–water partition coefficient (Wildman–Crippen LogP) is 4.35. The van der Waals surface area contributed by atoms with E-state index in [4.69, 9.17) is 16.0 Å². The molecule has 7 heteroatoms. The van der Waals surface area contributed by atoms with E-state index in [9.17, 15) is 4.79 Å². The van der Waals surface area contributed by atoms with E-state index in [1.165, 1.54) is 0 Å². The standard InChI is InChI=1S/C18H28ClN3O2Si/c1-18(2,3)25(4,5)24-14-8-6-13(7-9-14)22-15(23)10-12-11-20-17(19)21-16(12)22/h11,13-14H,6-10H2,1-5H3. The van der Waals surface area contributed by atoms with Crippen molar-refractivity contribution >= 4 is 31.6 Å². The van der Waals surface area contributed by atoms with E-state index in [0.717, 1.165) is 31.2 Å². The summed E-state index contributed by atoms with van der Waals surface area (Å²) in [6.07, 6.45) is 6.26. The fraction of sp³-hybridized carbons (Fsp3) is 0.722. The molecule has 5 nitrogen and oxygen atoms in total. The van der Waals surface area contributed by atoms with E-state index in [1.54, 1.807) is 6.20 Å². The molecule has 1 aromatic heterocycles. The van der Waals surface area contributed by atoms with Crippen molar-refractivity contribution in [2.45, 2.75) is 83.2 Å². The van der Waals surface area contributed by atoms with Crippen molar-refractivity contribution < 1.29 is 9.22 Å². The first-order valence-corrected chi connectivity index (χ1v) is 12.4. The molecule has 0 radical (unpaired) electrons. The van der Waals surface area contributed by atoms with Gasteiger partial charge in [-0.3, -0.25) is 9.69 Å². The van der Waals surface area contributed by atoms with Crippen LogP contribution in [0.1, 0.15) is 52.0 Å². The second kappa shape index (κ2) is 6.63. The van der Waals surface area contributed by atoms with Crippen LogP contribution in [0, 0.1) is 0 Å². The molecular weight excluding hydrogens is 354 g/mol. The number of carbonyl (C=O) groups is 1. The summed E-state index contributed by atoms with van der Waals surface area (Å²) >= 11 is 5.94. The molecule has 2 aliphatic rings. The molecule has 0 aromatic carbocycles. The van der Waals surface area contributed by atoms with Crippen molar-refractivity contribution in [2.75, 3.05) is 4.90 Å². The first kappa shape index (κ1) is 18.8. The van der Waals surface area contributed by atoms with E-state index in [1.807, 2.05) is 4.90 Å². The predicted molar refractivity (Wildman–Crippen MR) is 103 cm³/mol. The quantitative estimate of drug-likeness (QED) is 0.576. The van der Waals surface area contributed by atoms with Crippen LogP contribution in [0.25, 0.3) is 0 Å². The lowest BCUT2D eigenvalue weighted by molar-refractivity contribution is -0.118. The lowest BCUT2D eigenvalue weighted by Gasteiger charge is -2.42. The molecule has 0 bridgehead atoms. The van der Waals surface area contributed by atoms with Crippen LogP contribution in [0.5, 0.6) is 0 Å². The third kappa shape index (κ3) is 3.76. The normalized spacial score (nSPS) is 24.6. The molecule has 2 heterocycles. The summed E-state index contributed by atoms with van der Waals surface area (Å²) in [5.74, 6) is 0.819. The van der Waals surface area contributed by atoms with Gasteiger partial charge < -0.3 is 4.43 Å². The Hall–Kier alpha value is -0.983. The third-order valence-electron chi connectivity index (χ3n) is 5.93. The molecule has 0 N–H and O–H groups in total. The van der Waals surface area contributed by atoms with Crippen molar-refractivity contribution in [2.24, 2.45) is 0 Å². The van der Waals surface area contributed by atoms with Gasteiger partial charge in [-0.2, -0.15) is 4.98 Å². The summed E-state index contributed by atoms with van der Waals surface area (Å²) in [5.41, 5.74) is 0.883. The van der Waals surface area contributed by atoms with Gasteiger partial charge in [0.1, 0.15) is 5.82 Å². The number of nitrogens with zero attached hydrogens (tertiary/aromatic N) is 3. The van der Waals surface area contributed by atoms with Gasteiger partial charge in [-0.1, -0.05) is 20.8 Å². The lowest BCUT2D eigenvalue weighted by atomic mass is 9.92. The van der Waals surface area contributed by atoms with Crippen LogP contribution in [0.4, 0.5) is 5.82 Å². The van der Waals surface area contributed by atoms with Crippen LogP contribution in [0.2, 0.25) is 23.4 Å². The van der Waals surface area contributed by atoms with Gasteiger partial charge in [-0.05, 0) is 55.4 Å². The number of carbonyl (C=O) groups excluding carboxylic acids is 1. The average Bonchev–Trinajstić information content (AvgIpc) is 2.82. The van der Waals surface area contributed by atoms with E-state index >= 15 is 0 Å². The maximum Gasteiger partial charge on any atom is 0.233 e. The average molecular weight is 382 g/mol. The Morgan fingerprint density at radius 3 is 2.48 bits per heavy atom. The van der Waals surface area contributed by atoms with Crippen LogP contribution in [-0.4, -0.2) is 36.3 Å². The van der Waals surface area contributed by atoms with E-state index < -0.39 is 8.32 Å². The van der Waals surface area contributed by atoms with E-state index in [-0.39, 0.29) is 22.3 Å². The molecule has 1 aliphatic carbocycles. The van der Waals surface area contributed by atoms with Gasteiger partial charge in [0, 0.05) is 23.9 Å². The summed E-state index contributed by atoms with van der Waals surface area (Å²) in [4.78, 5) is 22.6. The van der Waals surface area contributed by atoms with Crippen molar-refractivity contribution in [1.82, 2.24) is 9.97 Å². The smallest absolute Gasteiger partial charge is 0.233 e. The van der Waals surface area contributed by atoms with Crippen LogP contribution in [-0.2, 0) is 15.6 Å². The highest BCUT2D eigenvalue weighted by Crippen LogP contribution is 2.40. The number of fused-ring (bicyclic) bond motifs is 1. The van der Waals surface area contributed by atoms with E-state index in [2.05, 4.69) is 43.8 Å². The van der Waals surface area contributed by atoms with Gasteiger partial charge >= 0.3 is 0 Å². The molecule has 0 unspecified atom stereocenters. The van der Waals surface area contributed by atoms with Crippen LogP contribution in [0.3, 0.4) is 0 Å². The highest BCUT2D eigenvalue weighted by Gasteiger charge is 2.41. The first-order valence-electron chi connectivity index (χ1n) is 9.10. The minimum Gasteiger partial charge on any atom is -0.414 e. The van der Waals surface area contributed by atoms with Crippen molar-refractivity contribution in [3.05, 3.63) is 17.0 Å². The largest absolute Gasteiger partial charge is 0.414 e. The molecule has 0 spiro atoms. The zero-order valence-electron chi connectivity index (χ0n) is 15.8. The zero-order valence-corrected chi connectivity index (χ0v) is 17.6. The SMILES string of the molecule is CC(C)(C)[Si](C)(C)OC1CCC(N2C(=O)Cc3cnc(Cl)nc32)CC1. The van der Waals surface area contributed by atoms with Crippen molar-refractivity contribution in [3.63, 3.8) is 0 Å². The van der Waals surface area contributed by atoms with Gasteiger partial charge in [0.05, 0.1) is 6.42 Å². The zero-order chi connectivity index (χ0) is 18.4. The monoisotopic (exact) mass is 381 g/mol. The minimum absolute atomic E-state index is 0.111. The van der Waals surface area contributed by atoms with Gasteiger partial charge in [0.15, 0.2) is 8.32 Å². The highest BCUT2D eigenvalue weighted by atomic mass is 35.5. The Bertz CT molecular complexity index is 667. The molecule has 1 aliphatic heterocycles. The maximum atomic E-state index is 12.5. The molecular formula is C18H28ClN3O2Si. The summed E-state index contributed by atoms with van der Waals surface area (Å²) in [5, 5.41) is 0.426. The van der Waals surface area contributed by atoms with Gasteiger partial charge in [-0.25, -0.2) is 4.98 Å². The Balaban J connectivity index is 1.66. The fourth-order valence-corrected chi connectivity index (χ4v) is 5.02. The Morgan fingerprint density at radius 1 is 1.24 bits per heavy atom. The maximum absolute atomic E-state index is 12.5. The lowest BCUT2D eigenvalue weighted by Crippen LogP contribution is -2.47. The van der Waals surface area contributed by atoms with Crippen molar-refractivity contribution in [3.8, 4) is 0 Å². The first-order chi connectivity index (χ1) is 11.6. The fourth-order valence-electron chi connectivity index (χ4n) is 3.47. The Kier molecular flexibility index (Phi) is 4.99. The molecule has 25 heavy (non-hydrogen) atoms. The Labute approximate surface area is 156 Å². The summed E-state index contributed by atoms with van der Waals surface area (Å²) in [6, 6.07) is 0.194. The number of hydrogen-bond donors (Lipinski definition) is 0. The summed E-state index contributed by atoms with van der Waals surface area (Å²) in [7, 11) is -1.74. The second-order valence-electron chi connectivity index (χ2n) is 8.74. The van der Waals surface area contributed by atoms with Crippen LogP contribution >= 0.6 is 11.6 Å². The molecule has 1 amide bonds. The molecule has 1 aromatic rings. The van der Waals surface area contributed by atoms with Gasteiger partial charge in [-0.15, -0.1) is 0 Å².